The van der Waals surface area contributed by atoms with E-state index in [-0.39, 0.29) is 12.3 Å². The second-order valence-electron chi connectivity index (χ2n) is 3.34. The first-order valence-electron chi connectivity index (χ1n) is 3.67. The predicted molar refractivity (Wildman–Crippen MR) is 59.0 cm³/mol. The molecule has 12 heavy (non-hydrogen) atoms. The van der Waals surface area contributed by atoms with Crippen molar-refractivity contribution < 1.29 is 13.2 Å². The van der Waals surface area contributed by atoms with Gasteiger partial charge < -0.3 is 0 Å². The lowest BCUT2D eigenvalue weighted by Crippen LogP contribution is -2.50. The molecule has 0 N–H and O–H groups in total. The molecule has 0 nitrogen and oxygen atoms in total. The van der Waals surface area contributed by atoms with Crippen molar-refractivity contribution in [3.63, 3.8) is 0 Å². The zero-order chi connectivity index (χ0) is 9.57. The molecule has 72 valence electrons. The number of rotatable bonds is 0. The van der Waals surface area contributed by atoms with Crippen LogP contribution in [0, 0.1) is 5.92 Å². The van der Waals surface area contributed by atoms with Crippen LogP contribution in [0.1, 0.15) is 19.8 Å². The average molecular weight is 404 g/mol. The van der Waals surface area contributed by atoms with Crippen molar-refractivity contribution in [1.29, 1.82) is 0 Å². The van der Waals surface area contributed by atoms with Crippen molar-refractivity contribution in [2.45, 2.75) is 33.3 Å². The molecule has 5 heteroatoms. The molecule has 0 radical (unpaired) electrons. The molecule has 0 bridgehead atoms. The summed E-state index contributed by atoms with van der Waals surface area (Å²) in [5, 5.41) is 0. The molecule has 0 aromatic carbocycles. The maximum Gasteiger partial charge on any atom is 0.291 e. The fraction of sp³-hybridized carbons (Fsp3) is 1.00. The Morgan fingerprint density at radius 1 is 1.33 bits per heavy atom. The molecule has 0 saturated heterocycles. The molecule has 3 unspecified atom stereocenters. The normalized spacial score (nSPS) is 47.5. The molecule has 0 aromatic heterocycles. The van der Waals surface area contributed by atoms with E-state index in [1.54, 1.807) is 29.5 Å². The van der Waals surface area contributed by atoms with Crippen LogP contribution in [0.2, 0.25) is 0 Å². The van der Waals surface area contributed by atoms with E-state index in [1.807, 2.05) is 0 Å². The van der Waals surface area contributed by atoms with Crippen LogP contribution in [0.4, 0.5) is 13.2 Å². The molecule has 1 aliphatic carbocycles. The lowest BCUT2D eigenvalue weighted by Gasteiger charge is -2.39. The van der Waals surface area contributed by atoms with Crippen LogP contribution in [0.25, 0.3) is 0 Å². The van der Waals surface area contributed by atoms with E-state index < -0.39 is 13.5 Å². The van der Waals surface area contributed by atoms with Crippen molar-refractivity contribution in [2.75, 3.05) is 0 Å². The van der Waals surface area contributed by atoms with Crippen LogP contribution in [0.3, 0.4) is 0 Å². The summed E-state index contributed by atoms with van der Waals surface area (Å²) in [5.41, 5.74) is 0. The molecule has 0 spiro atoms. The number of hydrogen-bond donors (Lipinski definition) is 0. The van der Waals surface area contributed by atoms with Crippen molar-refractivity contribution in [2.24, 2.45) is 5.92 Å². The lowest BCUT2D eigenvalue weighted by molar-refractivity contribution is -0.113. The van der Waals surface area contributed by atoms with Gasteiger partial charge in [-0.3, -0.25) is 0 Å². The van der Waals surface area contributed by atoms with E-state index in [1.165, 1.54) is 22.6 Å². The van der Waals surface area contributed by atoms with Gasteiger partial charge >= 0.3 is 0 Å². The third kappa shape index (κ3) is 1.85. The topological polar surface area (TPSA) is 0 Å². The maximum absolute atomic E-state index is 13.4. The molecule has 1 rings (SSSR count). The van der Waals surface area contributed by atoms with Crippen LogP contribution in [-0.4, -0.2) is 13.5 Å². The van der Waals surface area contributed by atoms with Gasteiger partial charge in [0.15, 0.2) is 0 Å². The lowest BCUT2D eigenvalue weighted by atomic mass is 9.86. The third-order valence-corrected chi connectivity index (χ3v) is 6.19. The van der Waals surface area contributed by atoms with Crippen molar-refractivity contribution in [3.05, 3.63) is 0 Å². The number of alkyl halides is 5. The molecule has 0 aromatic rings. The molecule has 0 aliphatic heterocycles. The Bertz CT molecular complexity index is 181. The zero-order valence-corrected chi connectivity index (χ0v) is 10.8. The second-order valence-corrected chi connectivity index (χ2v) is 6.41. The summed E-state index contributed by atoms with van der Waals surface area (Å²) < 4.78 is 36.7. The molecule has 3 atom stereocenters. The Morgan fingerprint density at radius 3 is 2.25 bits per heavy atom. The molecule has 0 amide bonds. The van der Waals surface area contributed by atoms with Crippen molar-refractivity contribution in [1.82, 2.24) is 0 Å². The van der Waals surface area contributed by atoms with E-state index in [4.69, 9.17) is 0 Å². The Balaban J connectivity index is 2.86. The average Bonchev–Trinajstić information content (AvgIpc) is 1.82. The highest BCUT2D eigenvalue weighted by molar-refractivity contribution is 14.1. The summed E-state index contributed by atoms with van der Waals surface area (Å²) >= 11 is 3.02. The monoisotopic (exact) mass is 404 g/mol. The largest absolute Gasteiger partial charge is 0.291 e. The first-order chi connectivity index (χ1) is 5.27. The first-order valence-corrected chi connectivity index (χ1v) is 5.99. The number of halogens is 5. The van der Waals surface area contributed by atoms with Gasteiger partial charge in [-0.05, 0) is 34.9 Å². The fourth-order valence-corrected chi connectivity index (χ4v) is 3.19. The van der Waals surface area contributed by atoms with E-state index in [0.717, 1.165) is 0 Å². The Morgan fingerprint density at radius 2 is 1.83 bits per heavy atom. The Kier molecular flexibility index (Phi) is 3.24. The molecular formula is C7H9F3I2. The summed E-state index contributed by atoms with van der Waals surface area (Å²) in [7, 11) is 0. The van der Waals surface area contributed by atoms with Gasteiger partial charge in [0.1, 0.15) is 0 Å². The summed E-state index contributed by atoms with van der Waals surface area (Å²) in [4.78, 5) is 0. The summed E-state index contributed by atoms with van der Waals surface area (Å²) in [5.74, 6) is -3.25. The smallest absolute Gasteiger partial charge is 0.224 e. The van der Waals surface area contributed by atoms with Crippen LogP contribution in [0.15, 0.2) is 0 Å². The van der Waals surface area contributed by atoms with E-state index in [2.05, 4.69) is 0 Å². The number of hydrogen-bond acceptors (Lipinski definition) is 0. The quantitative estimate of drug-likeness (QED) is 0.424. The molecule has 1 fully saturated rings. The predicted octanol–water partition coefficient (Wildman–Crippen LogP) is 3.96. The highest BCUT2D eigenvalue weighted by Crippen LogP contribution is 2.53. The standard InChI is InChI=1S/C7H9F3I2/c1-4-2-5(11)7(10,12)6(8,9)3-4/h4-5H,2-3H2,1H3. The molecule has 1 saturated carbocycles. The van der Waals surface area contributed by atoms with Gasteiger partial charge in [0.05, 0.1) is 3.92 Å². The van der Waals surface area contributed by atoms with E-state index in [0.29, 0.717) is 6.42 Å². The van der Waals surface area contributed by atoms with Crippen LogP contribution >= 0.6 is 45.2 Å². The van der Waals surface area contributed by atoms with Gasteiger partial charge in [-0.25, -0.2) is 13.2 Å². The molecular weight excluding hydrogens is 395 g/mol. The zero-order valence-electron chi connectivity index (χ0n) is 6.46. The summed E-state index contributed by atoms with van der Waals surface area (Å²) in [6.45, 7) is 1.74. The fourth-order valence-electron chi connectivity index (χ4n) is 1.39. The van der Waals surface area contributed by atoms with Gasteiger partial charge in [-0.2, -0.15) is 0 Å². The van der Waals surface area contributed by atoms with Gasteiger partial charge in [0, 0.05) is 6.42 Å². The Hall–Kier alpha value is 1.25. The minimum absolute atomic E-state index is 0.0828. The van der Waals surface area contributed by atoms with Crippen LogP contribution < -0.4 is 0 Å². The SMILES string of the molecule is CC1CC(I)C(F)(I)C(F)(F)C1. The van der Waals surface area contributed by atoms with E-state index >= 15 is 0 Å². The van der Waals surface area contributed by atoms with Crippen LogP contribution in [0.5, 0.6) is 0 Å². The van der Waals surface area contributed by atoms with Gasteiger partial charge in [0.25, 0.3) is 5.92 Å². The van der Waals surface area contributed by atoms with Crippen LogP contribution in [-0.2, 0) is 0 Å². The van der Waals surface area contributed by atoms with Gasteiger partial charge in [0.2, 0.25) is 3.68 Å². The van der Waals surface area contributed by atoms with E-state index in [9.17, 15) is 13.2 Å². The first kappa shape index (κ1) is 11.3. The third-order valence-electron chi connectivity index (χ3n) is 2.10. The summed E-state index contributed by atoms with van der Waals surface area (Å²) in [6, 6.07) is 0. The Labute approximate surface area is 96.9 Å². The summed E-state index contributed by atoms with van der Waals surface area (Å²) in [6.07, 6.45) is 0.210. The maximum atomic E-state index is 13.4. The molecule has 0 heterocycles. The van der Waals surface area contributed by atoms with Crippen molar-refractivity contribution >= 4 is 45.2 Å². The minimum Gasteiger partial charge on any atom is -0.224 e. The minimum atomic E-state index is -3.17. The second kappa shape index (κ2) is 3.43. The highest BCUT2D eigenvalue weighted by atomic mass is 127. The highest BCUT2D eigenvalue weighted by Gasteiger charge is 2.60. The van der Waals surface area contributed by atoms with Gasteiger partial charge in [-0.15, -0.1) is 0 Å². The van der Waals surface area contributed by atoms with Crippen molar-refractivity contribution in [3.8, 4) is 0 Å². The molecule has 1 aliphatic rings. The van der Waals surface area contributed by atoms with Gasteiger partial charge in [-0.1, -0.05) is 29.5 Å².